The molecular formula is H4BrClCsLaLi. The summed E-state index contributed by atoms with van der Waals surface area (Å²) in [7, 11) is 0. The molecule has 5 heteroatoms. The molecule has 0 N–H and O–H groups in total. The maximum atomic E-state index is 0. The molecule has 5 heavy (non-hydrogen) atoms. The SMILES string of the molecule is Br.Cl.[CsH].[La].[LiH]. The Morgan fingerprint density at radius 2 is 1.00 bits per heavy atom. The van der Waals surface area contributed by atoms with Crippen LogP contribution in [-0.4, -0.2) is 87.8 Å². The van der Waals surface area contributed by atoms with Gasteiger partial charge in [-0.15, -0.1) is 29.4 Å². The Balaban J connectivity index is 0. The molecular weight excluding hydrogens is 394 g/mol. The van der Waals surface area contributed by atoms with Crippen LogP contribution in [0.3, 0.4) is 0 Å². The Morgan fingerprint density at radius 1 is 1.00 bits per heavy atom. The Kier molecular flexibility index (Phi) is 157. The first-order valence-electron chi connectivity index (χ1n) is 0. The van der Waals surface area contributed by atoms with Crippen molar-refractivity contribution in [1.82, 2.24) is 0 Å². The number of halogens is 2. The van der Waals surface area contributed by atoms with Gasteiger partial charge in [0.05, 0.1) is 0 Å². The quantitative estimate of drug-likeness (QED) is 0.492. The van der Waals surface area contributed by atoms with Gasteiger partial charge in [0.2, 0.25) is 0 Å². The molecule has 0 saturated carbocycles. The van der Waals surface area contributed by atoms with Crippen LogP contribution in [0.1, 0.15) is 0 Å². The second kappa shape index (κ2) is 23.5. The summed E-state index contributed by atoms with van der Waals surface area (Å²) in [6.45, 7) is 0. The maximum absolute atomic E-state index is 0. The summed E-state index contributed by atoms with van der Waals surface area (Å²) in [6.07, 6.45) is 0. The second-order valence-electron chi connectivity index (χ2n) is 0. The zero-order valence-electron chi connectivity index (χ0n) is 1.39. The van der Waals surface area contributed by atoms with Gasteiger partial charge in [-0.3, -0.25) is 0 Å². The third-order valence-corrected chi connectivity index (χ3v) is 0. The molecule has 1 radical (unpaired) electrons. The van der Waals surface area contributed by atoms with E-state index < -0.39 is 0 Å². The van der Waals surface area contributed by atoms with E-state index in [0.717, 1.165) is 0 Å². The molecule has 0 aliphatic carbocycles. The van der Waals surface area contributed by atoms with Crippen LogP contribution >= 0.6 is 29.4 Å². The Bertz CT molecular complexity index is 11.6. The Morgan fingerprint density at radius 3 is 1.00 bits per heavy atom. The predicted octanol–water partition coefficient (Wildman–Crippen LogP) is -0.297. The van der Waals surface area contributed by atoms with E-state index in [0.29, 0.717) is 0 Å². The molecule has 0 fully saturated rings. The van der Waals surface area contributed by atoms with Gasteiger partial charge in [0.1, 0.15) is 0 Å². The molecule has 0 aromatic rings. The minimum absolute atomic E-state index is 0. The van der Waals surface area contributed by atoms with E-state index in [1.54, 1.807) is 0 Å². The fraction of sp³-hybridized carbons (Fsp3) is 0. The molecule has 0 unspecified atom stereocenters. The third kappa shape index (κ3) is 17.7. The summed E-state index contributed by atoms with van der Waals surface area (Å²) < 4.78 is 0. The summed E-state index contributed by atoms with van der Waals surface area (Å²) in [6, 6.07) is 0. The minimum atomic E-state index is 0. The van der Waals surface area contributed by atoms with Crippen LogP contribution in [0.25, 0.3) is 0 Å². The van der Waals surface area contributed by atoms with Crippen molar-refractivity contribution in [2.75, 3.05) is 0 Å². The normalized spacial score (nSPS) is 0. The van der Waals surface area contributed by atoms with Crippen LogP contribution in [0.2, 0.25) is 0 Å². The summed E-state index contributed by atoms with van der Waals surface area (Å²) in [4.78, 5) is 0. The van der Waals surface area contributed by atoms with Crippen molar-refractivity contribution in [2.24, 2.45) is 0 Å². The van der Waals surface area contributed by atoms with Crippen molar-refractivity contribution in [3.05, 3.63) is 0 Å². The van der Waals surface area contributed by atoms with Crippen LogP contribution in [0.15, 0.2) is 0 Å². The first-order chi connectivity index (χ1) is 0. The summed E-state index contributed by atoms with van der Waals surface area (Å²) in [5.74, 6) is 0. The number of hydrogen-bond donors (Lipinski definition) is 0. The monoisotopic (exact) mass is 397 g/mol. The van der Waals surface area contributed by atoms with E-state index in [1.165, 1.54) is 0 Å². The van der Waals surface area contributed by atoms with Crippen LogP contribution in [0.5, 0.6) is 0 Å². The first-order valence-corrected chi connectivity index (χ1v) is 0. The summed E-state index contributed by atoms with van der Waals surface area (Å²) in [5, 5.41) is 0. The van der Waals surface area contributed by atoms with E-state index in [9.17, 15) is 0 Å². The molecule has 0 nitrogen and oxygen atoms in total. The van der Waals surface area contributed by atoms with Crippen LogP contribution in [0, 0.1) is 35.6 Å². The standard InChI is InChI=1S/BrH.ClH.Cs.La.Li.2H/h2*1H;;;;;. The predicted molar refractivity (Wildman–Crippen MR) is 31.9 cm³/mol. The van der Waals surface area contributed by atoms with Crippen molar-refractivity contribution < 1.29 is 35.6 Å². The second-order valence-corrected chi connectivity index (χ2v) is 0. The van der Waals surface area contributed by atoms with Crippen LogP contribution in [0.4, 0.5) is 0 Å². The fourth-order valence-electron chi connectivity index (χ4n) is 0. The van der Waals surface area contributed by atoms with Gasteiger partial charge >= 0.3 is 87.8 Å². The molecule has 0 aliphatic heterocycles. The number of rotatable bonds is 0. The van der Waals surface area contributed by atoms with Gasteiger partial charge in [-0.05, 0) is 0 Å². The zero-order valence-corrected chi connectivity index (χ0v) is 7.55. The van der Waals surface area contributed by atoms with Crippen molar-refractivity contribution in [1.29, 1.82) is 0 Å². The molecule has 0 aromatic carbocycles. The van der Waals surface area contributed by atoms with E-state index in [2.05, 4.69) is 0 Å². The van der Waals surface area contributed by atoms with Crippen LogP contribution < -0.4 is 0 Å². The fourth-order valence-corrected chi connectivity index (χ4v) is 0. The molecule has 0 spiro atoms. The van der Waals surface area contributed by atoms with Crippen LogP contribution in [-0.2, 0) is 0 Å². The van der Waals surface area contributed by atoms with Gasteiger partial charge in [-0.2, -0.15) is 0 Å². The zero-order chi connectivity index (χ0) is 0. The van der Waals surface area contributed by atoms with Crippen molar-refractivity contribution in [2.45, 2.75) is 0 Å². The Labute approximate surface area is 148 Å². The van der Waals surface area contributed by atoms with Gasteiger partial charge < -0.3 is 0 Å². The molecule has 0 heterocycles. The molecule has 0 rings (SSSR count). The Hall–Kier alpha value is 4.61. The molecule has 0 bridgehead atoms. The summed E-state index contributed by atoms with van der Waals surface area (Å²) >= 11 is 0. The van der Waals surface area contributed by atoms with Gasteiger partial charge in [0.25, 0.3) is 0 Å². The van der Waals surface area contributed by atoms with E-state index >= 15 is 0 Å². The molecule has 23 valence electrons. The molecule has 0 aliphatic rings. The molecule has 0 saturated heterocycles. The van der Waals surface area contributed by atoms with Gasteiger partial charge in [-0.1, -0.05) is 0 Å². The van der Waals surface area contributed by atoms with Crippen molar-refractivity contribution in [3.8, 4) is 0 Å². The van der Waals surface area contributed by atoms with Gasteiger partial charge in [-0.25, -0.2) is 0 Å². The average molecular weight is 398 g/mol. The van der Waals surface area contributed by atoms with E-state index in [-0.39, 0.29) is 153 Å². The molecule has 0 aromatic heterocycles. The summed E-state index contributed by atoms with van der Waals surface area (Å²) in [5.41, 5.74) is 0. The number of hydrogen-bond acceptors (Lipinski definition) is 0. The molecule has 0 atom stereocenters. The van der Waals surface area contributed by atoms with E-state index in [1.807, 2.05) is 0 Å². The van der Waals surface area contributed by atoms with Gasteiger partial charge in [0, 0.05) is 35.6 Å². The topological polar surface area (TPSA) is 0 Å². The third-order valence-electron chi connectivity index (χ3n) is 0. The van der Waals surface area contributed by atoms with E-state index in [4.69, 9.17) is 0 Å². The molecule has 0 amide bonds. The first kappa shape index (κ1) is 33.5. The van der Waals surface area contributed by atoms with Gasteiger partial charge in [0.15, 0.2) is 0 Å². The average Bonchev–Trinajstić information content (AvgIpc) is 0. The van der Waals surface area contributed by atoms with Crippen molar-refractivity contribution >= 4 is 117 Å². The van der Waals surface area contributed by atoms with Crippen molar-refractivity contribution in [3.63, 3.8) is 0 Å².